The predicted octanol–water partition coefficient (Wildman–Crippen LogP) is 2.24. The number of rotatable bonds is 3. The minimum Gasteiger partial charge on any atom is -0.481 e. The molecule has 0 aromatic heterocycles. The van der Waals surface area contributed by atoms with E-state index in [1.807, 2.05) is 19.1 Å². The molecule has 1 amide bonds. The Hall–Kier alpha value is -1.56. The summed E-state index contributed by atoms with van der Waals surface area (Å²) in [5.41, 5.74) is 6.69. The molecule has 2 atom stereocenters. The third kappa shape index (κ3) is 2.95. The maximum atomic E-state index is 11.2. The zero-order valence-corrected chi connectivity index (χ0v) is 12.8. The summed E-state index contributed by atoms with van der Waals surface area (Å²) in [4.78, 5) is 24.4. The number of aliphatic carboxylic acids is 1. The van der Waals surface area contributed by atoms with Crippen molar-refractivity contribution in [3.63, 3.8) is 0 Å². The van der Waals surface area contributed by atoms with Gasteiger partial charge in [-0.1, -0.05) is 0 Å². The van der Waals surface area contributed by atoms with Crippen molar-refractivity contribution in [1.82, 2.24) is 0 Å². The highest BCUT2D eigenvalue weighted by molar-refractivity contribution is 9.10. The molecular formula is C14H17BrN2O3. The molecule has 1 aliphatic heterocycles. The summed E-state index contributed by atoms with van der Waals surface area (Å²) in [6.07, 6.45) is 1.26. The lowest BCUT2D eigenvalue weighted by molar-refractivity contribution is -0.142. The van der Waals surface area contributed by atoms with Crippen molar-refractivity contribution in [3.8, 4) is 0 Å². The third-order valence-electron chi connectivity index (χ3n) is 3.78. The van der Waals surface area contributed by atoms with E-state index >= 15 is 0 Å². The van der Waals surface area contributed by atoms with E-state index in [-0.39, 0.29) is 12.0 Å². The number of nitrogens with two attached hydrogens (primary N) is 1. The van der Waals surface area contributed by atoms with Crippen LogP contribution in [0, 0.1) is 5.92 Å². The number of halogens is 1. The molecule has 2 unspecified atom stereocenters. The molecule has 1 saturated heterocycles. The molecule has 1 fully saturated rings. The minimum atomic E-state index is -0.721. The van der Waals surface area contributed by atoms with Crippen molar-refractivity contribution in [1.29, 1.82) is 0 Å². The molecule has 20 heavy (non-hydrogen) atoms. The van der Waals surface area contributed by atoms with Crippen LogP contribution in [0.15, 0.2) is 22.7 Å². The normalized spacial score (nSPS) is 22.6. The number of amides is 1. The first-order chi connectivity index (χ1) is 9.40. The van der Waals surface area contributed by atoms with E-state index in [1.54, 1.807) is 6.07 Å². The third-order valence-corrected chi connectivity index (χ3v) is 4.43. The first kappa shape index (κ1) is 14.8. The van der Waals surface area contributed by atoms with Crippen LogP contribution in [0.5, 0.6) is 0 Å². The molecule has 0 bridgehead atoms. The van der Waals surface area contributed by atoms with Gasteiger partial charge in [-0.2, -0.15) is 0 Å². The Morgan fingerprint density at radius 3 is 2.65 bits per heavy atom. The van der Waals surface area contributed by atoms with Crippen molar-refractivity contribution >= 4 is 33.5 Å². The highest BCUT2D eigenvalue weighted by Crippen LogP contribution is 2.31. The van der Waals surface area contributed by atoms with Gasteiger partial charge in [-0.3, -0.25) is 9.59 Å². The Balaban J connectivity index is 2.19. The van der Waals surface area contributed by atoms with E-state index in [1.165, 1.54) is 0 Å². The number of carbonyl (C=O) groups is 2. The topological polar surface area (TPSA) is 83.6 Å². The zero-order valence-electron chi connectivity index (χ0n) is 11.2. The van der Waals surface area contributed by atoms with Gasteiger partial charge in [0.25, 0.3) is 0 Å². The fourth-order valence-corrected chi connectivity index (χ4v) is 3.22. The van der Waals surface area contributed by atoms with Crippen molar-refractivity contribution in [2.24, 2.45) is 11.7 Å². The van der Waals surface area contributed by atoms with Gasteiger partial charge >= 0.3 is 5.97 Å². The number of carboxylic acids is 1. The first-order valence-electron chi connectivity index (χ1n) is 6.49. The lowest BCUT2D eigenvalue weighted by Gasteiger charge is -2.38. The standard InChI is InChI=1S/C14H17BrN2O3/c1-8-6-9(14(19)20)4-5-17(8)10-2-3-11(13(16)18)12(15)7-10/h2-3,7-9H,4-6H2,1H3,(H2,16,18)(H,19,20). The summed E-state index contributed by atoms with van der Waals surface area (Å²) in [7, 11) is 0. The Bertz CT molecular complexity index is 547. The predicted molar refractivity (Wildman–Crippen MR) is 79.8 cm³/mol. The van der Waals surface area contributed by atoms with Crippen LogP contribution in [0.2, 0.25) is 0 Å². The highest BCUT2D eigenvalue weighted by Gasteiger charge is 2.30. The summed E-state index contributed by atoms with van der Waals surface area (Å²) in [5, 5.41) is 9.08. The Morgan fingerprint density at radius 1 is 1.45 bits per heavy atom. The average molecular weight is 341 g/mol. The van der Waals surface area contributed by atoms with Crippen molar-refractivity contribution < 1.29 is 14.7 Å². The number of anilines is 1. The van der Waals surface area contributed by atoms with E-state index in [0.717, 1.165) is 5.69 Å². The van der Waals surface area contributed by atoms with Gasteiger partial charge in [-0.25, -0.2) is 0 Å². The smallest absolute Gasteiger partial charge is 0.306 e. The molecule has 108 valence electrons. The molecule has 1 aromatic rings. The van der Waals surface area contributed by atoms with E-state index < -0.39 is 11.9 Å². The summed E-state index contributed by atoms with van der Waals surface area (Å²) in [6, 6.07) is 5.55. The molecule has 1 aliphatic rings. The van der Waals surface area contributed by atoms with Crippen molar-refractivity contribution in [2.45, 2.75) is 25.8 Å². The summed E-state index contributed by atoms with van der Waals surface area (Å²) < 4.78 is 0.662. The molecule has 6 heteroatoms. The van der Waals surface area contributed by atoms with Gasteiger partial charge in [-0.15, -0.1) is 0 Å². The van der Waals surface area contributed by atoms with Crippen LogP contribution in [0.25, 0.3) is 0 Å². The monoisotopic (exact) mass is 340 g/mol. The van der Waals surface area contributed by atoms with Crippen LogP contribution in [0.3, 0.4) is 0 Å². The zero-order chi connectivity index (χ0) is 14.9. The Kier molecular flexibility index (Phi) is 4.32. The molecule has 1 aromatic carbocycles. The molecular weight excluding hydrogens is 324 g/mol. The largest absolute Gasteiger partial charge is 0.481 e. The van der Waals surface area contributed by atoms with Gasteiger partial charge in [0.2, 0.25) is 5.91 Å². The molecule has 2 rings (SSSR count). The maximum absolute atomic E-state index is 11.2. The van der Waals surface area contributed by atoms with Crippen LogP contribution >= 0.6 is 15.9 Å². The van der Waals surface area contributed by atoms with E-state index in [2.05, 4.69) is 20.8 Å². The molecule has 0 aliphatic carbocycles. The van der Waals surface area contributed by atoms with Gasteiger partial charge in [0, 0.05) is 22.7 Å². The van der Waals surface area contributed by atoms with Gasteiger partial charge in [-0.05, 0) is 53.9 Å². The fourth-order valence-electron chi connectivity index (χ4n) is 2.66. The molecule has 5 nitrogen and oxygen atoms in total. The van der Waals surface area contributed by atoms with E-state index in [0.29, 0.717) is 29.4 Å². The number of piperidine rings is 1. The summed E-state index contributed by atoms with van der Waals surface area (Å²) >= 11 is 3.35. The number of hydrogen-bond donors (Lipinski definition) is 2. The Morgan fingerprint density at radius 2 is 2.15 bits per heavy atom. The van der Waals surface area contributed by atoms with Crippen molar-refractivity contribution in [2.75, 3.05) is 11.4 Å². The lowest BCUT2D eigenvalue weighted by Crippen LogP contribution is -2.42. The molecule has 3 N–H and O–H groups in total. The van der Waals surface area contributed by atoms with Crippen LogP contribution in [0.4, 0.5) is 5.69 Å². The molecule has 0 radical (unpaired) electrons. The second-order valence-electron chi connectivity index (χ2n) is 5.13. The summed E-state index contributed by atoms with van der Waals surface area (Å²) in [5.74, 6) is -1.46. The number of carbonyl (C=O) groups excluding carboxylic acids is 1. The molecule has 1 heterocycles. The van der Waals surface area contributed by atoms with E-state index in [9.17, 15) is 9.59 Å². The highest BCUT2D eigenvalue weighted by atomic mass is 79.9. The minimum absolute atomic E-state index is 0.149. The number of nitrogens with zero attached hydrogens (tertiary/aromatic N) is 1. The second-order valence-corrected chi connectivity index (χ2v) is 5.98. The second kappa shape index (κ2) is 5.83. The van der Waals surface area contributed by atoms with Gasteiger partial charge < -0.3 is 15.7 Å². The quantitative estimate of drug-likeness (QED) is 0.883. The molecule has 0 spiro atoms. The number of benzene rings is 1. The maximum Gasteiger partial charge on any atom is 0.306 e. The SMILES string of the molecule is CC1CC(C(=O)O)CCN1c1ccc(C(N)=O)c(Br)c1. The number of carboxylic acid groups (broad SMARTS) is 1. The fraction of sp³-hybridized carbons (Fsp3) is 0.429. The number of primary amides is 1. The lowest BCUT2D eigenvalue weighted by atomic mass is 9.91. The van der Waals surface area contributed by atoms with Crippen LogP contribution in [-0.4, -0.2) is 29.6 Å². The first-order valence-corrected chi connectivity index (χ1v) is 7.28. The van der Waals surface area contributed by atoms with Crippen LogP contribution < -0.4 is 10.6 Å². The van der Waals surface area contributed by atoms with Crippen LogP contribution in [-0.2, 0) is 4.79 Å². The summed E-state index contributed by atoms with van der Waals surface area (Å²) in [6.45, 7) is 2.71. The number of hydrogen-bond acceptors (Lipinski definition) is 3. The van der Waals surface area contributed by atoms with Gasteiger partial charge in [0.05, 0.1) is 11.5 Å². The van der Waals surface area contributed by atoms with Crippen LogP contribution in [0.1, 0.15) is 30.1 Å². The average Bonchev–Trinajstić information content (AvgIpc) is 2.37. The van der Waals surface area contributed by atoms with Crippen molar-refractivity contribution in [3.05, 3.63) is 28.2 Å². The molecule has 0 saturated carbocycles. The Labute approximate surface area is 125 Å². The van der Waals surface area contributed by atoms with E-state index in [4.69, 9.17) is 10.8 Å². The van der Waals surface area contributed by atoms with Gasteiger partial charge in [0.15, 0.2) is 0 Å². The van der Waals surface area contributed by atoms with Gasteiger partial charge in [0.1, 0.15) is 0 Å².